The molecule has 0 saturated carbocycles. The summed E-state index contributed by atoms with van der Waals surface area (Å²) in [5, 5.41) is 8.45. The quantitative estimate of drug-likeness (QED) is 0.689. The third-order valence-electron chi connectivity index (χ3n) is 3.66. The van der Waals surface area contributed by atoms with Gasteiger partial charge in [0.05, 0.1) is 11.2 Å². The number of nitrogens with zero attached hydrogens (tertiary/aromatic N) is 3. The van der Waals surface area contributed by atoms with Gasteiger partial charge in [0.2, 0.25) is 0 Å². The highest BCUT2D eigenvalue weighted by molar-refractivity contribution is 6.00. The van der Waals surface area contributed by atoms with Crippen LogP contribution in [0.25, 0.3) is 16.7 Å². The van der Waals surface area contributed by atoms with E-state index in [0.29, 0.717) is 0 Å². The lowest BCUT2D eigenvalue weighted by atomic mass is 9.90. The van der Waals surface area contributed by atoms with Crippen molar-refractivity contribution in [3.05, 3.63) is 66.2 Å². The highest BCUT2D eigenvalue weighted by Crippen LogP contribution is 2.24. The Bertz CT molecular complexity index is 870. The van der Waals surface area contributed by atoms with Gasteiger partial charge in [0.1, 0.15) is 5.52 Å². The molecule has 0 N–H and O–H groups in total. The predicted molar refractivity (Wildman–Crippen MR) is 91.8 cm³/mol. The Labute approximate surface area is 135 Å². The fourth-order valence-electron chi connectivity index (χ4n) is 2.26. The summed E-state index contributed by atoms with van der Waals surface area (Å²) in [6.45, 7) is 5.73. The van der Waals surface area contributed by atoms with Gasteiger partial charge in [0, 0.05) is 17.1 Å². The number of para-hydroxylation sites is 1. The van der Waals surface area contributed by atoms with Gasteiger partial charge in [0.15, 0.2) is 5.78 Å². The summed E-state index contributed by atoms with van der Waals surface area (Å²) in [7, 11) is 0. The lowest BCUT2D eigenvalue weighted by molar-refractivity contribution is -0.121. The van der Waals surface area contributed by atoms with Gasteiger partial charge in [-0.3, -0.25) is 4.79 Å². The maximum atomic E-state index is 12.5. The fraction of sp³-hybridized carbons (Fsp3) is 0.211. The highest BCUT2D eigenvalue weighted by Gasteiger charge is 2.21. The molecule has 1 heterocycles. The van der Waals surface area contributed by atoms with E-state index in [0.717, 1.165) is 22.3 Å². The van der Waals surface area contributed by atoms with Crippen LogP contribution in [0.1, 0.15) is 26.3 Å². The smallest absolute Gasteiger partial charge is 0.163 e. The Kier molecular flexibility index (Phi) is 3.82. The standard InChI is InChI=1S/C19H19N3O/c1-19(2,3)18(23)13-17(14-9-5-4-6-10-14)22-16-12-8-7-11-15(16)20-21-22/h4-13H,1-3H3/b17-13+. The summed E-state index contributed by atoms with van der Waals surface area (Å²) in [5.41, 5.74) is 2.90. The molecule has 0 aliphatic rings. The number of carbonyl (C=O) groups excluding carboxylic acids is 1. The molecule has 23 heavy (non-hydrogen) atoms. The first-order valence-corrected chi connectivity index (χ1v) is 7.59. The number of hydrogen-bond acceptors (Lipinski definition) is 3. The second kappa shape index (κ2) is 5.80. The van der Waals surface area contributed by atoms with Crippen molar-refractivity contribution in [1.29, 1.82) is 0 Å². The SMILES string of the molecule is CC(C)(C)C(=O)/C=C(\c1ccccc1)n1nnc2ccccc21. The van der Waals surface area contributed by atoms with Crippen LogP contribution in [0, 0.1) is 5.41 Å². The van der Waals surface area contributed by atoms with Gasteiger partial charge in [-0.1, -0.05) is 68.4 Å². The van der Waals surface area contributed by atoms with E-state index in [2.05, 4.69) is 10.3 Å². The molecule has 3 rings (SSSR count). The molecule has 4 heteroatoms. The summed E-state index contributed by atoms with van der Waals surface area (Å²) in [5.74, 6) is 0.0518. The van der Waals surface area contributed by atoms with E-state index in [9.17, 15) is 4.79 Å². The normalized spacial score (nSPS) is 12.6. The molecule has 0 bridgehead atoms. The van der Waals surface area contributed by atoms with Crippen molar-refractivity contribution >= 4 is 22.5 Å². The van der Waals surface area contributed by atoms with Crippen LogP contribution in [0.15, 0.2) is 60.7 Å². The van der Waals surface area contributed by atoms with Crippen LogP contribution in [0.4, 0.5) is 0 Å². The van der Waals surface area contributed by atoms with Crippen LogP contribution in [0.3, 0.4) is 0 Å². The molecule has 2 aromatic carbocycles. The van der Waals surface area contributed by atoms with Crippen LogP contribution < -0.4 is 0 Å². The highest BCUT2D eigenvalue weighted by atomic mass is 16.1. The molecule has 1 aromatic heterocycles. The summed E-state index contributed by atoms with van der Waals surface area (Å²) < 4.78 is 1.73. The Morgan fingerprint density at radius 3 is 2.35 bits per heavy atom. The van der Waals surface area contributed by atoms with Gasteiger partial charge in [-0.05, 0) is 12.1 Å². The van der Waals surface area contributed by atoms with E-state index in [1.807, 2.05) is 75.4 Å². The predicted octanol–water partition coefficient (Wildman–Crippen LogP) is 3.94. The van der Waals surface area contributed by atoms with Crippen molar-refractivity contribution in [3.63, 3.8) is 0 Å². The summed E-state index contributed by atoms with van der Waals surface area (Å²) in [4.78, 5) is 12.5. The Morgan fingerprint density at radius 2 is 1.65 bits per heavy atom. The summed E-state index contributed by atoms with van der Waals surface area (Å²) >= 11 is 0. The van der Waals surface area contributed by atoms with Gasteiger partial charge in [-0.15, -0.1) is 5.10 Å². The molecule has 0 spiro atoms. The number of carbonyl (C=O) groups is 1. The first-order chi connectivity index (χ1) is 11.0. The monoisotopic (exact) mass is 305 g/mol. The zero-order chi connectivity index (χ0) is 16.4. The fourth-order valence-corrected chi connectivity index (χ4v) is 2.26. The Balaban J connectivity index is 2.21. The van der Waals surface area contributed by atoms with Crippen LogP contribution in [-0.4, -0.2) is 20.8 Å². The summed E-state index contributed by atoms with van der Waals surface area (Å²) in [6, 6.07) is 17.5. The number of allylic oxidation sites excluding steroid dienone is 1. The van der Waals surface area contributed by atoms with E-state index < -0.39 is 5.41 Å². The molecule has 0 saturated heterocycles. The molecule has 3 aromatic rings. The number of hydrogen-bond donors (Lipinski definition) is 0. The van der Waals surface area contributed by atoms with Crippen molar-refractivity contribution in [2.24, 2.45) is 5.41 Å². The van der Waals surface area contributed by atoms with Crippen LogP contribution in [-0.2, 0) is 4.79 Å². The van der Waals surface area contributed by atoms with Gasteiger partial charge in [0.25, 0.3) is 0 Å². The first kappa shape index (κ1) is 15.2. The van der Waals surface area contributed by atoms with Crippen molar-refractivity contribution in [1.82, 2.24) is 15.0 Å². The van der Waals surface area contributed by atoms with Crippen LogP contribution >= 0.6 is 0 Å². The average Bonchev–Trinajstić information content (AvgIpc) is 2.96. The Hall–Kier alpha value is -2.75. The minimum Gasteiger partial charge on any atom is -0.294 e. The third-order valence-corrected chi connectivity index (χ3v) is 3.66. The van der Waals surface area contributed by atoms with E-state index in [4.69, 9.17) is 0 Å². The van der Waals surface area contributed by atoms with E-state index in [1.165, 1.54) is 0 Å². The lowest BCUT2D eigenvalue weighted by Gasteiger charge is -2.16. The minimum absolute atomic E-state index is 0.0518. The molecule has 0 atom stereocenters. The zero-order valence-corrected chi connectivity index (χ0v) is 13.5. The second-order valence-corrected chi connectivity index (χ2v) is 6.50. The number of benzene rings is 2. The van der Waals surface area contributed by atoms with Crippen LogP contribution in [0.5, 0.6) is 0 Å². The van der Waals surface area contributed by atoms with Crippen molar-refractivity contribution in [2.45, 2.75) is 20.8 Å². The molecule has 0 aliphatic heterocycles. The van der Waals surface area contributed by atoms with Gasteiger partial charge < -0.3 is 0 Å². The zero-order valence-electron chi connectivity index (χ0n) is 13.5. The van der Waals surface area contributed by atoms with Crippen molar-refractivity contribution in [2.75, 3.05) is 0 Å². The molecule has 116 valence electrons. The number of rotatable bonds is 3. The third kappa shape index (κ3) is 3.06. The molecule has 0 aliphatic carbocycles. The molecule has 0 amide bonds. The molecular weight excluding hydrogens is 286 g/mol. The maximum Gasteiger partial charge on any atom is 0.163 e. The molecule has 0 fully saturated rings. The van der Waals surface area contributed by atoms with Gasteiger partial charge in [-0.2, -0.15) is 0 Å². The number of fused-ring (bicyclic) bond motifs is 1. The summed E-state index contributed by atoms with van der Waals surface area (Å²) in [6.07, 6.45) is 1.66. The van der Waals surface area contributed by atoms with Crippen molar-refractivity contribution in [3.8, 4) is 0 Å². The van der Waals surface area contributed by atoms with Gasteiger partial charge in [-0.25, -0.2) is 4.68 Å². The van der Waals surface area contributed by atoms with Gasteiger partial charge >= 0.3 is 0 Å². The molecule has 4 nitrogen and oxygen atoms in total. The minimum atomic E-state index is -0.448. The van der Waals surface area contributed by atoms with E-state index in [-0.39, 0.29) is 5.78 Å². The molecular formula is C19H19N3O. The topological polar surface area (TPSA) is 47.8 Å². The second-order valence-electron chi connectivity index (χ2n) is 6.50. The number of aromatic nitrogens is 3. The average molecular weight is 305 g/mol. The molecule has 0 radical (unpaired) electrons. The maximum absolute atomic E-state index is 12.5. The van der Waals surface area contributed by atoms with Crippen LogP contribution in [0.2, 0.25) is 0 Å². The Morgan fingerprint density at radius 1 is 1.00 bits per heavy atom. The number of ketones is 1. The van der Waals surface area contributed by atoms with Crippen molar-refractivity contribution < 1.29 is 4.79 Å². The largest absolute Gasteiger partial charge is 0.294 e. The first-order valence-electron chi connectivity index (χ1n) is 7.59. The van der Waals surface area contributed by atoms with E-state index in [1.54, 1.807) is 10.8 Å². The molecule has 0 unspecified atom stereocenters. The van der Waals surface area contributed by atoms with E-state index >= 15 is 0 Å². The lowest BCUT2D eigenvalue weighted by Crippen LogP contribution is -2.19.